The third-order valence-electron chi connectivity index (χ3n) is 21.2. The number of aliphatic hydroxyl groups is 18. The van der Waals surface area contributed by atoms with E-state index >= 15 is 0 Å². The first kappa shape index (κ1) is 95.8. The van der Waals surface area contributed by atoms with Crippen LogP contribution in [0.15, 0.2) is 12.2 Å². The zero-order valence-corrected chi connectivity index (χ0v) is 64.1. The molecule has 110 heavy (non-hydrogen) atoms. The lowest BCUT2D eigenvalue weighted by Crippen LogP contribution is -2.71. The minimum atomic E-state index is -2.30. The summed E-state index contributed by atoms with van der Waals surface area (Å²) in [7, 11) is 0. The molecule has 0 spiro atoms. The van der Waals surface area contributed by atoms with Crippen molar-refractivity contribution >= 4 is 17.7 Å². The molecule has 0 aromatic rings. The van der Waals surface area contributed by atoms with Gasteiger partial charge in [-0.25, -0.2) is 0 Å². The molecule has 0 saturated carbocycles. The smallest absolute Gasteiger partial charge is 0.220 e. The molecule has 6 saturated heterocycles. The van der Waals surface area contributed by atoms with Crippen LogP contribution in [0, 0.1) is 0 Å². The molecule has 6 heterocycles. The van der Waals surface area contributed by atoms with Gasteiger partial charge in [-0.2, -0.15) is 0 Å². The summed E-state index contributed by atoms with van der Waals surface area (Å²) in [4.78, 5) is 39.5. The molecule has 0 bridgehead atoms. The van der Waals surface area contributed by atoms with Gasteiger partial charge in [0.2, 0.25) is 17.7 Å². The van der Waals surface area contributed by atoms with E-state index in [9.17, 15) is 106 Å². The third kappa shape index (κ3) is 28.4. The number of hydrogen-bond donors (Lipinski definition) is 21. The number of ether oxygens (including phenoxy) is 12. The van der Waals surface area contributed by atoms with Gasteiger partial charge in [-0.15, -0.1) is 0 Å². The van der Waals surface area contributed by atoms with Crippen LogP contribution in [0.3, 0.4) is 0 Å². The molecule has 6 fully saturated rings. The molecule has 6 aliphatic rings. The van der Waals surface area contributed by atoms with Crippen LogP contribution < -0.4 is 16.0 Å². The topological polar surface area (TPSA) is 562 Å². The molecule has 3 amide bonds. The van der Waals surface area contributed by atoms with Gasteiger partial charge in [-0.1, -0.05) is 167 Å². The maximum Gasteiger partial charge on any atom is 0.220 e. The molecule has 0 aromatic heterocycles. The lowest BCUT2D eigenvalue weighted by atomic mass is 9.93. The van der Waals surface area contributed by atoms with Crippen molar-refractivity contribution in [3.8, 4) is 0 Å². The van der Waals surface area contributed by atoms with E-state index in [1.165, 1.54) is 96.3 Å². The first-order valence-electron chi connectivity index (χ1n) is 40.0. The van der Waals surface area contributed by atoms with Gasteiger partial charge in [0.25, 0.3) is 0 Å². The molecule has 0 radical (unpaired) electrons. The van der Waals surface area contributed by atoms with E-state index in [4.69, 9.17) is 56.8 Å². The quantitative estimate of drug-likeness (QED) is 0.0211. The van der Waals surface area contributed by atoms with Crippen LogP contribution in [0.5, 0.6) is 0 Å². The van der Waals surface area contributed by atoms with Crippen molar-refractivity contribution < 1.29 is 163 Å². The molecule has 36 nitrogen and oxygen atoms in total. The average Bonchev–Trinajstić information content (AvgIpc) is 0.769. The molecule has 32 atom stereocenters. The van der Waals surface area contributed by atoms with Crippen LogP contribution in [0.25, 0.3) is 0 Å². The highest BCUT2D eigenvalue weighted by molar-refractivity contribution is 5.76. The number of hydrogen-bond acceptors (Lipinski definition) is 33. The van der Waals surface area contributed by atoms with Gasteiger partial charge >= 0.3 is 0 Å². The minimum Gasteiger partial charge on any atom is -0.394 e. The second-order valence-electron chi connectivity index (χ2n) is 29.9. The van der Waals surface area contributed by atoms with Gasteiger partial charge in [0.1, 0.15) is 146 Å². The fourth-order valence-electron chi connectivity index (χ4n) is 14.7. The Balaban J connectivity index is 1.14. The van der Waals surface area contributed by atoms with Gasteiger partial charge in [-0.05, 0) is 19.3 Å². The number of unbranched alkanes of at least 4 members (excludes halogenated alkanes) is 23. The SMILES string of the molecule is CCCCCCCCCCCCC/C=C/[C@@H](O)[C@H](CO[C@@H]1OC(CO)[C@@H](O[C@@H]2OC(CO)[C@H](O)[C@H](O[C@@H]3OC(CO)[C@@H](O)[C@H](O[C@@H]4OC(CO)[C@H](O)[C@H](O[C@@H]5OC(CO)[C@@H](O)[C@H](O[C@@H]6OC(CO)[C@H](O)[C@H](O)C6O)C5NC(C)=O)C4O)C3NC(C)=O)C2O)[C@H](O)C1O)NC(=O)CCCCCCCCCCCCCCC. The lowest BCUT2D eigenvalue weighted by molar-refractivity contribution is -0.386. The Bertz CT molecular complexity index is 2560. The van der Waals surface area contributed by atoms with Crippen molar-refractivity contribution in [1.82, 2.24) is 16.0 Å². The second-order valence-corrected chi connectivity index (χ2v) is 29.9. The van der Waals surface area contributed by atoms with Crippen LogP contribution >= 0.6 is 0 Å². The van der Waals surface area contributed by atoms with Crippen molar-refractivity contribution in [2.75, 3.05) is 46.2 Å². The normalized spacial score (nSPS) is 37.7. The maximum absolute atomic E-state index is 13.5. The predicted octanol–water partition coefficient (Wildman–Crippen LogP) is -3.20. The number of amides is 3. The Morgan fingerprint density at radius 2 is 0.673 bits per heavy atom. The minimum absolute atomic E-state index is 0.169. The van der Waals surface area contributed by atoms with E-state index in [1.807, 2.05) is 6.08 Å². The Hall–Kier alpha value is -3.05. The highest BCUT2D eigenvalue weighted by atomic mass is 16.8. The summed E-state index contributed by atoms with van der Waals surface area (Å²) in [6, 6.07) is -4.71. The fourth-order valence-corrected chi connectivity index (χ4v) is 14.7. The van der Waals surface area contributed by atoms with Crippen LogP contribution in [-0.4, -0.2) is 352 Å². The Kier molecular flexibility index (Phi) is 44.0. The van der Waals surface area contributed by atoms with Crippen molar-refractivity contribution in [3.05, 3.63) is 12.2 Å². The number of carbonyl (C=O) groups is 3. The van der Waals surface area contributed by atoms with Gasteiger partial charge in [0.15, 0.2) is 37.7 Å². The second kappa shape index (κ2) is 50.5. The van der Waals surface area contributed by atoms with Crippen molar-refractivity contribution in [3.63, 3.8) is 0 Å². The van der Waals surface area contributed by atoms with E-state index in [1.54, 1.807) is 6.08 Å². The summed E-state index contributed by atoms with van der Waals surface area (Å²) in [5.74, 6) is -2.10. The fraction of sp³-hybridized carbons (Fsp3) is 0.932. The summed E-state index contributed by atoms with van der Waals surface area (Å²) in [6.07, 6.45) is -24.2. The van der Waals surface area contributed by atoms with E-state index in [0.29, 0.717) is 12.8 Å². The van der Waals surface area contributed by atoms with Crippen LogP contribution in [-0.2, 0) is 71.2 Å². The van der Waals surface area contributed by atoms with E-state index in [0.717, 1.165) is 65.2 Å². The molecule has 642 valence electrons. The van der Waals surface area contributed by atoms with Crippen molar-refractivity contribution in [1.29, 1.82) is 0 Å². The molecule has 36 heteroatoms. The highest BCUT2D eigenvalue weighted by Crippen LogP contribution is 2.38. The zero-order valence-electron chi connectivity index (χ0n) is 64.1. The highest BCUT2D eigenvalue weighted by Gasteiger charge is 2.59. The summed E-state index contributed by atoms with van der Waals surface area (Å²) in [6.45, 7) is -0.0511. The van der Waals surface area contributed by atoms with Crippen molar-refractivity contribution in [2.24, 2.45) is 0 Å². The van der Waals surface area contributed by atoms with Gasteiger partial charge in [0.05, 0.1) is 58.4 Å². The first-order chi connectivity index (χ1) is 52.8. The third-order valence-corrected chi connectivity index (χ3v) is 21.2. The number of aliphatic hydroxyl groups excluding tert-OH is 18. The summed E-state index contributed by atoms with van der Waals surface area (Å²) in [5, 5.41) is 208. The Labute approximate surface area is 643 Å². The Morgan fingerprint density at radius 1 is 0.355 bits per heavy atom. The van der Waals surface area contributed by atoms with Gasteiger partial charge < -0.3 is 165 Å². The average molecular weight is 1590 g/mol. The van der Waals surface area contributed by atoms with E-state index in [-0.39, 0.29) is 12.3 Å². The maximum atomic E-state index is 13.5. The van der Waals surface area contributed by atoms with Crippen molar-refractivity contribution in [2.45, 2.75) is 391 Å². The van der Waals surface area contributed by atoms with Crippen LogP contribution in [0.1, 0.15) is 195 Å². The molecule has 6 rings (SSSR count). The number of allylic oxidation sites excluding steroid dienone is 1. The predicted molar refractivity (Wildman–Crippen MR) is 385 cm³/mol. The molecule has 12 unspecified atom stereocenters. The van der Waals surface area contributed by atoms with Crippen LogP contribution in [0.4, 0.5) is 0 Å². The monoisotopic (exact) mass is 1590 g/mol. The molecular formula is C74H133N3O33. The number of nitrogens with one attached hydrogen (secondary N) is 3. The number of rotatable bonds is 50. The molecule has 0 aromatic carbocycles. The Morgan fingerprint density at radius 3 is 1.06 bits per heavy atom. The standard InChI is InChI=1S/C74H133N3O33/c1-5-7-9-11-13-15-17-19-21-23-25-27-29-31-43(86)42(77-50(87)32-30-28-26-24-22-20-18-16-14-12-10-8-6-2)39-99-71-61(96)59(94)64(49(38-83)105-71)106-73-62(97)67(56(91)47(36-81)103-73)109-70-52(76-41(4)85)66(55(90)46(35-80)101-70)108-74-63(98)68(57(92)48(37-82)104-74)110-69-51(75-40(3)84)65(54(89)45(34-79)100-69)107-72-60(95)58(93)53(88)44(33-78)102-72/h29,31,42-49,51-74,78-83,86,88-98H,5-28,30,32-39H2,1-4H3,(H,75,84)(H,76,85)(H,77,87)/b31-29+/t42-,43+,44?,45?,46?,47?,48?,49?,51?,52?,53-,54+,55+,56-,57-,58-,59+,60?,61?,62?,63?,64+,65+,66+,67-,68-,69-,70-,71+,72-,73-,74-/m0/s1. The van der Waals surface area contributed by atoms with Gasteiger partial charge in [0, 0.05) is 20.3 Å². The zero-order chi connectivity index (χ0) is 80.6. The lowest BCUT2D eigenvalue weighted by Gasteiger charge is -2.51. The first-order valence-corrected chi connectivity index (χ1v) is 40.0. The van der Waals surface area contributed by atoms with Gasteiger partial charge in [-0.3, -0.25) is 14.4 Å². The summed E-state index contributed by atoms with van der Waals surface area (Å²) in [5.41, 5.74) is 0. The largest absolute Gasteiger partial charge is 0.394 e. The van der Waals surface area contributed by atoms with E-state index in [2.05, 4.69) is 29.8 Å². The molecule has 0 aliphatic carbocycles. The summed E-state index contributed by atoms with van der Waals surface area (Å²) >= 11 is 0. The van der Waals surface area contributed by atoms with E-state index < -0.39 is 254 Å². The molecule has 6 aliphatic heterocycles. The molecular weight excluding hydrogens is 1460 g/mol. The molecule has 21 N–H and O–H groups in total. The number of carbonyl (C=O) groups excluding carboxylic acids is 3. The summed E-state index contributed by atoms with van der Waals surface area (Å²) < 4.78 is 71.2. The van der Waals surface area contributed by atoms with Crippen LogP contribution in [0.2, 0.25) is 0 Å².